The second kappa shape index (κ2) is 19.3. The van der Waals surface area contributed by atoms with Crippen LogP contribution in [-0.4, -0.2) is 29.4 Å². The molecule has 0 spiro atoms. The highest BCUT2D eigenvalue weighted by atomic mass is 17.2. The molecule has 1 aromatic rings. The summed E-state index contributed by atoms with van der Waals surface area (Å²) in [6.07, 6.45) is 17.5. The third-order valence-corrected chi connectivity index (χ3v) is 6.42. The van der Waals surface area contributed by atoms with Crippen LogP contribution in [0.3, 0.4) is 0 Å². The first-order valence-electron chi connectivity index (χ1n) is 14.1. The van der Waals surface area contributed by atoms with Crippen LogP contribution < -0.4 is 9.62 Å². The monoisotopic (exact) mass is 494 g/mol. The first kappa shape index (κ1) is 31.1. The number of unbranched alkanes of at least 4 members (excludes halogenated alkanes) is 12. The Kier molecular flexibility index (Phi) is 17.1. The van der Waals surface area contributed by atoms with Crippen molar-refractivity contribution in [1.82, 2.24) is 0 Å². The largest absolute Gasteiger partial charge is 0.503 e. The molecule has 202 valence electrons. The molecule has 0 unspecified atom stereocenters. The second-order valence-electron chi connectivity index (χ2n) is 9.31. The van der Waals surface area contributed by atoms with Gasteiger partial charge in [-0.25, -0.2) is 4.79 Å². The third-order valence-electron chi connectivity index (χ3n) is 6.42. The quantitative estimate of drug-likeness (QED) is 0.0956. The number of hydrogen-bond donors (Lipinski definition) is 2. The maximum atomic E-state index is 12.3. The van der Waals surface area contributed by atoms with Crippen molar-refractivity contribution in [3.05, 3.63) is 16.7 Å². The summed E-state index contributed by atoms with van der Waals surface area (Å²) in [6, 6.07) is 0. The molecule has 0 bridgehead atoms. The van der Waals surface area contributed by atoms with Crippen LogP contribution in [0.1, 0.15) is 139 Å². The van der Waals surface area contributed by atoms with Gasteiger partial charge in [0.2, 0.25) is 5.75 Å². The second-order valence-corrected chi connectivity index (χ2v) is 9.31. The van der Waals surface area contributed by atoms with E-state index >= 15 is 0 Å². The maximum absolute atomic E-state index is 12.3. The summed E-state index contributed by atoms with van der Waals surface area (Å²) in [5.74, 6) is -1.15. The lowest BCUT2D eigenvalue weighted by atomic mass is 9.90. The van der Waals surface area contributed by atoms with Crippen LogP contribution in [0.15, 0.2) is 0 Å². The van der Waals surface area contributed by atoms with E-state index in [0.29, 0.717) is 30.8 Å². The van der Waals surface area contributed by atoms with E-state index in [0.717, 1.165) is 37.7 Å². The molecule has 2 N–H and O–H groups in total. The number of aromatic hydroxyl groups is 1. The predicted octanol–water partition coefficient (Wildman–Crippen LogP) is 8.41. The molecule has 6 nitrogen and oxygen atoms in total. The van der Waals surface area contributed by atoms with Crippen LogP contribution in [-0.2, 0) is 17.7 Å². The number of hydrogen-bond acceptors (Lipinski definition) is 5. The van der Waals surface area contributed by atoms with Gasteiger partial charge >= 0.3 is 5.97 Å². The van der Waals surface area contributed by atoms with E-state index in [-0.39, 0.29) is 17.9 Å². The summed E-state index contributed by atoms with van der Waals surface area (Å²) < 4.78 is 5.95. The van der Waals surface area contributed by atoms with Crippen molar-refractivity contribution in [2.75, 3.05) is 13.2 Å². The minimum Gasteiger partial charge on any atom is -0.503 e. The molecule has 1 rings (SSSR count). The van der Waals surface area contributed by atoms with Crippen molar-refractivity contribution in [3.8, 4) is 17.2 Å². The van der Waals surface area contributed by atoms with Gasteiger partial charge in [-0.2, -0.15) is 4.89 Å². The van der Waals surface area contributed by atoms with E-state index < -0.39 is 11.7 Å². The van der Waals surface area contributed by atoms with E-state index in [9.17, 15) is 15.0 Å². The van der Waals surface area contributed by atoms with E-state index in [1.54, 1.807) is 6.92 Å². The van der Waals surface area contributed by atoms with Gasteiger partial charge < -0.3 is 19.8 Å². The van der Waals surface area contributed by atoms with E-state index in [2.05, 4.69) is 13.8 Å². The summed E-state index contributed by atoms with van der Waals surface area (Å²) in [7, 11) is 0. The summed E-state index contributed by atoms with van der Waals surface area (Å²) in [4.78, 5) is 22.8. The highest BCUT2D eigenvalue weighted by molar-refractivity contribution is 5.95. The first-order valence-corrected chi connectivity index (χ1v) is 14.1. The SMILES string of the molecule is CCCCCCCCCc1c(CCCCCCCCC)c(C(=O)O)c(O)c(OOCC)c1OCC. The van der Waals surface area contributed by atoms with Gasteiger partial charge in [0.15, 0.2) is 11.5 Å². The zero-order valence-electron chi connectivity index (χ0n) is 22.8. The Morgan fingerprint density at radius 2 is 1.14 bits per heavy atom. The lowest BCUT2D eigenvalue weighted by Gasteiger charge is -2.22. The topological polar surface area (TPSA) is 85.2 Å². The Bertz CT molecular complexity index is 716. The van der Waals surface area contributed by atoms with Crippen LogP contribution in [0.5, 0.6) is 17.2 Å². The molecule has 0 saturated carbocycles. The summed E-state index contributed by atoms with van der Waals surface area (Å²) >= 11 is 0. The van der Waals surface area contributed by atoms with Crippen molar-refractivity contribution in [3.63, 3.8) is 0 Å². The number of carboxylic acids is 1. The van der Waals surface area contributed by atoms with Crippen LogP contribution in [0.2, 0.25) is 0 Å². The van der Waals surface area contributed by atoms with Crippen LogP contribution in [0, 0.1) is 0 Å². The lowest BCUT2D eigenvalue weighted by molar-refractivity contribution is -0.204. The van der Waals surface area contributed by atoms with Gasteiger partial charge in [-0.3, -0.25) is 0 Å². The zero-order valence-corrected chi connectivity index (χ0v) is 22.8. The van der Waals surface area contributed by atoms with Gasteiger partial charge in [-0.05, 0) is 45.1 Å². The number of rotatable bonds is 22. The fourth-order valence-corrected chi connectivity index (χ4v) is 4.57. The van der Waals surface area contributed by atoms with Crippen molar-refractivity contribution < 1.29 is 29.5 Å². The summed E-state index contributed by atoms with van der Waals surface area (Å²) in [5.41, 5.74) is 1.45. The standard InChI is InChI=1S/C29H50O6/c1-5-9-11-13-15-17-19-21-23-24(22-20-18-16-14-12-10-6-2)27(33-7-3)28(35-34-8-4)26(30)25(23)29(31)32/h30H,5-22H2,1-4H3,(H,31,32). The average Bonchev–Trinajstić information content (AvgIpc) is 2.83. The molecular weight excluding hydrogens is 444 g/mol. The Labute approximate surface area is 213 Å². The number of carboxylic acid groups (broad SMARTS) is 1. The molecule has 0 saturated heterocycles. The highest BCUT2D eigenvalue weighted by Gasteiger charge is 2.30. The number of carbonyl (C=O) groups is 1. The Morgan fingerprint density at radius 1 is 0.657 bits per heavy atom. The Hall–Kier alpha value is -1.95. The molecule has 0 heterocycles. The fraction of sp³-hybridized carbons (Fsp3) is 0.759. The molecule has 0 aliphatic heterocycles. The number of phenols is 1. The predicted molar refractivity (Wildman–Crippen MR) is 142 cm³/mol. The van der Waals surface area contributed by atoms with E-state index in [1.807, 2.05) is 6.92 Å². The Balaban J connectivity index is 3.17. The van der Waals surface area contributed by atoms with Crippen molar-refractivity contribution in [2.45, 2.75) is 130 Å². The van der Waals surface area contributed by atoms with Gasteiger partial charge in [0.05, 0.1) is 13.2 Å². The minimum absolute atomic E-state index is 0.0210. The van der Waals surface area contributed by atoms with Gasteiger partial charge in [0.25, 0.3) is 0 Å². The zero-order chi connectivity index (χ0) is 25.9. The lowest BCUT2D eigenvalue weighted by Crippen LogP contribution is -2.12. The van der Waals surface area contributed by atoms with Gasteiger partial charge in [-0.1, -0.05) is 90.9 Å². The van der Waals surface area contributed by atoms with Crippen LogP contribution >= 0.6 is 0 Å². The molecule has 6 heteroatoms. The average molecular weight is 495 g/mol. The normalized spacial score (nSPS) is 11.1. The molecule has 35 heavy (non-hydrogen) atoms. The van der Waals surface area contributed by atoms with E-state index in [1.165, 1.54) is 57.8 Å². The number of ether oxygens (including phenoxy) is 1. The summed E-state index contributed by atoms with van der Waals surface area (Å²) in [6.45, 7) is 8.72. The minimum atomic E-state index is -1.15. The molecule has 0 fully saturated rings. The summed E-state index contributed by atoms with van der Waals surface area (Å²) in [5, 5.41) is 21.0. The van der Waals surface area contributed by atoms with Crippen molar-refractivity contribution in [2.24, 2.45) is 0 Å². The number of benzene rings is 1. The van der Waals surface area contributed by atoms with Gasteiger partial charge in [-0.15, -0.1) is 0 Å². The molecule has 1 aromatic carbocycles. The van der Waals surface area contributed by atoms with Crippen molar-refractivity contribution in [1.29, 1.82) is 0 Å². The molecule has 0 aliphatic carbocycles. The van der Waals surface area contributed by atoms with Crippen LogP contribution in [0.4, 0.5) is 0 Å². The molecule has 0 amide bonds. The van der Waals surface area contributed by atoms with Crippen LogP contribution in [0.25, 0.3) is 0 Å². The highest BCUT2D eigenvalue weighted by Crippen LogP contribution is 2.46. The number of aromatic carboxylic acids is 1. The smallest absolute Gasteiger partial charge is 0.339 e. The van der Waals surface area contributed by atoms with Gasteiger partial charge in [0, 0.05) is 5.56 Å². The first-order chi connectivity index (χ1) is 17.0. The molecule has 0 aliphatic rings. The van der Waals surface area contributed by atoms with E-state index in [4.69, 9.17) is 14.5 Å². The molecule has 0 radical (unpaired) electrons. The fourth-order valence-electron chi connectivity index (χ4n) is 4.57. The van der Waals surface area contributed by atoms with Crippen molar-refractivity contribution >= 4 is 5.97 Å². The molecular formula is C29H50O6. The van der Waals surface area contributed by atoms with Gasteiger partial charge in [0.1, 0.15) is 5.56 Å². The molecule has 0 aromatic heterocycles. The third kappa shape index (κ3) is 11.1. The maximum Gasteiger partial charge on any atom is 0.339 e. The molecule has 0 atom stereocenters. The Morgan fingerprint density at radius 3 is 1.60 bits per heavy atom.